The predicted molar refractivity (Wildman–Crippen MR) is 55.9 cm³/mol. The minimum absolute atomic E-state index is 0.133. The summed E-state index contributed by atoms with van der Waals surface area (Å²) < 4.78 is 10.1. The average Bonchev–Trinajstić information content (AvgIpc) is 2.30. The van der Waals surface area contributed by atoms with Crippen molar-refractivity contribution in [1.29, 1.82) is 5.26 Å². The number of rotatable bonds is 6. The summed E-state index contributed by atoms with van der Waals surface area (Å²) >= 11 is 0. The van der Waals surface area contributed by atoms with E-state index < -0.39 is 0 Å². The number of unbranched alkanes of at least 4 members (excludes halogenated alkanes) is 2. The Morgan fingerprint density at radius 3 is 2.94 bits per heavy atom. The molecule has 0 amide bonds. The van der Waals surface area contributed by atoms with Gasteiger partial charge in [0.25, 0.3) is 0 Å². The predicted octanol–water partition coefficient (Wildman–Crippen LogP) is 1.20. The molecule has 5 nitrogen and oxygen atoms in total. The van der Waals surface area contributed by atoms with E-state index in [4.69, 9.17) is 19.5 Å². The Morgan fingerprint density at radius 1 is 1.50 bits per heavy atom. The number of hydrogen-bond acceptors (Lipinski definition) is 5. The van der Waals surface area contributed by atoms with Gasteiger partial charge >= 0.3 is 0 Å². The van der Waals surface area contributed by atoms with E-state index >= 15 is 0 Å². The first-order valence-corrected chi connectivity index (χ1v) is 5.00. The third kappa shape index (κ3) is 3.75. The summed E-state index contributed by atoms with van der Waals surface area (Å²) in [6.07, 6.45) is 3.14. The second-order valence-corrected chi connectivity index (χ2v) is 3.20. The topological polar surface area (TPSA) is 83.5 Å². The molecule has 5 heteroatoms. The lowest BCUT2D eigenvalue weighted by Gasteiger charge is -2.03. The van der Waals surface area contributed by atoms with Crippen molar-refractivity contribution in [3.05, 3.63) is 28.3 Å². The number of nitrogens with zero attached hydrogens (tertiary/aromatic N) is 1. The van der Waals surface area contributed by atoms with Gasteiger partial charge in [0.05, 0.1) is 12.7 Å². The maximum Gasteiger partial charge on any atom is 0.227 e. The van der Waals surface area contributed by atoms with Crippen LogP contribution in [0, 0.1) is 11.3 Å². The Morgan fingerprint density at radius 2 is 2.31 bits per heavy atom. The summed E-state index contributed by atoms with van der Waals surface area (Å²) in [6, 6.07) is 3.23. The van der Waals surface area contributed by atoms with Crippen LogP contribution < -0.4 is 10.2 Å². The van der Waals surface area contributed by atoms with E-state index in [2.05, 4.69) is 0 Å². The number of nitriles is 1. The van der Waals surface area contributed by atoms with Gasteiger partial charge in [0.1, 0.15) is 18.6 Å². The smallest absolute Gasteiger partial charge is 0.227 e. The van der Waals surface area contributed by atoms with E-state index in [0.717, 1.165) is 12.8 Å². The molecule has 0 aliphatic rings. The zero-order valence-electron chi connectivity index (χ0n) is 8.81. The van der Waals surface area contributed by atoms with Gasteiger partial charge in [-0.25, -0.2) is 0 Å². The summed E-state index contributed by atoms with van der Waals surface area (Å²) in [5.41, 5.74) is -0.310. The average molecular weight is 223 g/mol. The summed E-state index contributed by atoms with van der Waals surface area (Å²) in [5.74, 6) is 0.344. The van der Waals surface area contributed by atoms with Crippen molar-refractivity contribution in [3.8, 4) is 11.8 Å². The van der Waals surface area contributed by atoms with Crippen LogP contribution in [-0.2, 0) is 6.61 Å². The van der Waals surface area contributed by atoms with Crippen LogP contribution in [0.3, 0.4) is 0 Å². The molecule has 1 N–H and O–H groups in total. The molecule has 86 valence electrons. The quantitative estimate of drug-likeness (QED) is 0.732. The highest BCUT2D eigenvalue weighted by atomic mass is 16.5. The second kappa shape index (κ2) is 6.64. The van der Waals surface area contributed by atoms with Crippen molar-refractivity contribution in [2.75, 3.05) is 6.61 Å². The summed E-state index contributed by atoms with van der Waals surface area (Å²) in [4.78, 5) is 11.4. The Bertz CT molecular complexity index is 419. The first kappa shape index (κ1) is 12.3. The standard InChI is InChI=1S/C11H13NO4/c12-4-2-1-3-5-15-11-8-16-9(7-13)6-10(11)14/h6,8,13H,1-3,5,7H2. The fourth-order valence-electron chi connectivity index (χ4n) is 1.11. The Balaban J connectivity index is 2.43. The molecule has 0 saturated carbocycles. The van der Waals surface area contributed by atoms with Crippen LogP contribution in [0.4, 0.5) is 0 Å². The van der Waals surface area contributed by atoms with Crippen molar-refractivity contribution in [3.63, 3.8) is 0 Å². The molecule has 0 spiro atoms. The van der Waals surface area contributed by atoms with Crippen LogP contribution in [0.15, 0.2) is 21.5 Å². The van der Waals surface area contributed by atoms with Crippen molar-refractivity contribution in [2.45, 2.75) is 25.9 Å². The fourth-order valence-corrected chi connectivity index (χ4v) is 1.11. The van der Waals surface area contributed by atoms with Gasteiger partial charge in [0.2, 0.25) is 11.2 Å². The van der Waals surface area contributed by atoms with E-state index in [9.17, 15) is 4.79 Å². The first-order chi connectivity index (χ1) is 7.77. The van der Waals surface area contributed by atoms with Crippen LogP contribution in [0.5, 0.6) is 5.75 Å². The third-order valence-corrected chi connectivity index (χ3v) is 1.95. The summed E-state index contributed by atoms with van der Waals surface area (Å²) in [6.45, 7) is 0.0720. The molecular weight excluding hydrogens is 210 g/mol. The number of hydrogen-bond donors (Lipinski definition) is 1. The molecule has 1 aromatic heterocycles. The normalized spacial score (nSPS) is 9.75. The monoisotopic (exact) mass is 223 g/mol. The van der Waals surface area contributed by atoms with Gasteiger partial charge in [0.15, 0.2) is 0 Å². The van der Waals surface area contributed by atoms with Gasteiger partial charge in [-0.2, -0.15) is 5.26 Å². The molecule has 1 rings (SSSR count). The molecule has 0 aliphatic heterocycles. The van der Waals surface area contributed by atoms with E-state index in [1.165, 1.54) is 12.3 Å². The Labute approximate surface area is 92.9 Å². The van der Waals surface area contributed by atoms with Gasteiger partial charge in [0, 0.05) is 12.5 Å². The SMILES string of the molecule is N#CCCCCOc1coc(CO)cc1=O. The van der Waals surface area contributed by atoms with E-state index in [1.807, 2.05) is 6.07 Å². The van der Waals surface area contributed by atoms with Crippen molar-refractivity contribution in [2.24, 2.45) is 0 Å². The van der Waals surface area contributed by atoms with Crippen LogP contribution in [0.25, 0.3) is 0 Å². The molecule has 0 unspecified atom stereocenters. The van der Waals surface area contributed by atoms with Gasteiger partial charge < -0.3 is 14.3 Å². The van der Waals surface area contributed by atoms with E-state index in [-0.39, 0.29) is 23.5 Å². The van der Waals surface area contributed by atoms with Crippen molar-refractivity contribution in [1.82, 2.24) is 0 Å². The second-order valence-electron chi connectivity index (χ2n) is 3.20. The van der Waals surface area contributed by atoms with E-state index in [0.29, 0.717) is 13.0 Å². The highest BCUT2D eigenvalue weighted by molar-refractivity contribution is 5.17. The maximum atomic E-state index is 11.4. The largest absolute Gasteiger partial charge is 0.487 e. The molecule has 1 aromatic rings. The maximum absolute atomic E-state index is 11.4. The van der Waals surface area contributed by atoms with Crippen molar-refractivity contribution < 1.29 is 14.3 Å². The summed E-state index contributed by atoms with van der Waals surface area (Å²) in [7, 11) is 0. The molecule has 0 fully saturated rings. The van der Waals surface area contributed by atoms with Gasteiger partial charge in [-0.05, 0) is 12.8 Å². The molecule has 0 atom stereocenters. The van der Waals surface area contributed by atoms with E-state index in [1.54, 1.807) is 0 Å². The molecule has 0 saturated heterocycles. The number of aliphatic hydroxyl groups is 1. The molecule has 1 heterocycles. The lowest BCUT2D eigenvalue weighted by molar-refractivity contribution is 0.236. The van der Waals surface area contributed by atoms with Crippen LogP contribution in [-0.4, -0.2) is 11.7 Å². The molecule has 16 heavy (non-hydrogen) atoms. The molecule has 0 aliphatic carbocycles. The van der Waals surface area contributed by atoms with Crippen molar-refractivity contribution >= 4 is 0 Å². The molecule has 0 aromatic carbocycles. The highest BCUT2D eigenvalue weighted by Crippen LogP contribution is 2.06. The van der Waals surface area contributed by atoms with Crippen LogP contribution in [0.2, 0.25) is 0 Å². The lowest BCUT2D eigenvalue weighted by Crippen LogP contribution is -2.08. The minimum atomic E-state index is -0.310. The minimum Gasteiger partial charge on any atom is -0.487 e. The van der Waals surface area contributed by atoms with Crippen LogP contribution >= 0.6 is 0 Å². The zero-order chi connectivity index (χ0) is 11.8. The number of aliphatic hydroxyl groups excluding tert-OH is 1. The highest BCUT2D eigenvalue weighted by Gasteiger charge is 2.03. The Hall–Kier alpha value is -1.80. The number of ether oxygens (including phenoxy) is 1. The van der Waals surface area contributed by atoms with Gasteiger partial charge in [-0.3, -0.25) is 4.79 Å². The molecule has 0 bridgehead atoms. The third-order valence-electron chi connectivity index (χ3n) is 1.95. The first-order valence-electron chi connectivity index (χ1n) is 5.00. The summed E-state index contributed by atoms with van der Waals surface area (Å²) in [5, 5.41) is 17.0. The zero-order valence-corrected chi connectivity index (χ0v) is 8.81. The van der Waals surface area contributed by atoms with Crippen LogP contribution in [0.1, 0.15) is 25.0 Å². The van der Waals surface area contributed by atoms with Gasteiger partial charge in [-0.1, -0.05) is 0 Å². The Kier molecular flexibility index (Phi) is 5.09. The fraction of sp³-hybridized carbons (Fsp3) is 0.455. The lowest BCUT2D eigenvalue weighted by atomic mass is 10.2. The molecule has 0 radical (unpaired) electrons. The molecular formula is C11H13NO4. The van der Waals surface area contributed by atoms with Gasteiger partial charge in [-0.15, -0.1) is 0 Å².